The van der Waals surface area contributed by atoms with Gasteiger partial charge in [-0.1, -0.05) is 29.8 Å². The molecule has 0 aliphatic carbocycles. The molecule has 2 aromatic heterocycles. The molecule has 0 N–H and O–H groups in total. The van der Waals surface area contributed by atoms with Crippen LogP contribution >= 0.6 is 11.6 Å². The fourth-order valence-electron chi connectivity index (χ4n) is 3.05. The molecular weight excluding hydrogens is 336 g/mol. The lowest BCUT2D eigenvalue weighted by molar-refractivity contribution is 0.0740. The summed E-state index contributed by atoms with van der Waals surface area (Å²) in [5.74, 6) is -0.0386. The highest BCUT2D eigenvalue weighted by Crippen LogP contribution is 2.24. The van der Waals surface area contributed by atoms with E-state index in [0.717, 1.165) is 29.9 Å². The summed E-state index contributed by atoms with van der Waals surface area (Å²) in [5, 5.41) is 5.40. The molecule has 4 rings (SSSR count). The molecule has 3 aromatic rings. The van der Waals surface area contributed by atoms with Gasteiger partial charge in [0.05, 0.1) is 17.9 Å². The first kappa shape index (κ1) is 15.8. The Kier molecular flexibility index (Phi) is 4.24. The number of halogens is 1. The molecule has 0 saturated carbocycles. The normalized spacial score (nSPS) is 14.0. The molecular formula is C19H17ClN4O. The lowest BCUT2D eigenvalue weighted by Crippen LogP contribution is -2.31. The van der Waals surface area contributed by atoms with Crippen LogP contribution in [0.4, 0.5) is 0 Å². The fraction of sp³-hybridized carbons (Fsp3) is 0.211. The summed E-state index contributed by atoms with van der Waals surface area (Å²) in [7, 11) is 0. The minimum Gasteiger partial charge on any atom is -0.331 e. The van der Waals surface area contributed by atoms with Gasteiger partial charge in [-0.25, -0.2) is 0 Å². The molecule has 126 valence electrons. The highest BCUT2D eigenvalue weighted by molar-refractivity contribution is 6.30. The zero-order valence-electron chi connectivity index (χ0n) is 13.6. The van der Waals surface area contributed by atoms with Gasteiger partial charge < -0.3 is 4.90 Å². The predicted molar refractivity (Wildman–Crippen MR) is 96.3 cm³/mol. The second kappa shape index (κ2) is 6.69. The molecule has 0 spiro atoms. The van der Waals surface area contributed by atoms with Crippen LogP contribution in [0.2, 0.25) is 5.02 Å². The number of carbonyl (C=O) groups is 1. The van der Waals surface area contributed by atoms with Gasteiger partial charge in [-0.05, 0) is 36.8 Å². The lowest BCUT2D eigenvalue weighted by Gasteiger charge is -2.19. The number of carbonyl (C=O) groups excluding carboxylic acids is 1. The van der Waals surface area contributed by atoms with Crippen molar-refractivity contribution >= 4 is 17.5 Å². The van der Waals surface area contributed by atoms with E-state index >= 15 is 0 Å². The second-order valence-electron chi connectivity index (χ2n) is 6.05. The van der Waals surface area contributed by atoms with Crippen molar-refractivity contribution < 1.29 is 4.79 Å². The van der Waals surface area contributed by atoms with Gasteiger partial charge in [-0.2, -0.15) is 5.10 Å². The van der Waals surface area contributed by atoms with Crippen molar-refractivity contribution in [3.8, 4) is 11.3 Å². The topological polar surface area (TPSA) is 51.0 Å². The Bertz CT molecular complexity index is 890. The summed E-state index contributed by atoms with van der Waals surface area (Å²) in [6.07, 6.45) is 2.52. The third kappa shape index (κ3) is 3.28. The first-order valence-electron chi connectivity index (χ1n) is 8.24. The van der Waals surface area contributed by atoms with E-state index in [1.807, 2.05) is 52.0 Å². The van der Waals surface area contributed by atoms with Crippen LogP contribution in [0.3, 0.4) is 0 Å². The molecule has 1 aromatic carbocycles. The fourth-order valence-corrected chi connectivity index (χ4v) is 3.17. The standard InChI is InChI=1S/C19H17ClN4O/c20-15-7-5-14(6-8-15)18-12-16-13-23(10-3-11-24(16)22-18)19(25)17-4-1-2-9-21-17/h1-2,4-9,12H,3,10-11,13H2. The summed E-state index contributed by atoms with van der Waals surface area (Å²) in [4.78, 5) is 18.7. The maximum atomic E-state index is 12.7. The van der Waals surface area contributed by atoms with Gasteiger partial charge in [0.25, 0.3) is 5.91 Å². The zero-order valence-corrected chi connectivity index (χ0v) is 14.4. The SMILES string of the molecule is O=C(c1ccccn1)N1CCCn2nc(-c3ccc(Cl)cc3)cc2C1. The van der Waals surface area contributed by atoms with E-state index in [1.54, 1.807) is 12.3 Å². The maximum absolute atomic E-state index is 12.7. The smallest absolute Gasteiger partial charge is 0.272 e. The molecule has 0 bridgehead atoms. The van der Waals surface area contributed by atoms with Crippen LogP contribution in [0, 0.1) is 0 Å². The van der Waals surface area contributed by atoms with Crippen LogP contribution < -0.4 is 0 Å². The number of hydrogen-bond acceptors (Lipinski definition) is 3. The Hall–Kier alpha value is -2.66. The van der Waals surface area contributed by atoms with Gasteiger partial charge in [0.1, 0.15) is 5.69 Å². The van der Waals surface area contributed by atoms with Crippen LogP contribution in [0.15, 0.2) is 54.7 Å². The van der Waals surface area contributed by atoms with Gasteiger partial charge in [-0.15, -0.1) is 0 Å². The van der Waals surface area contributed by atoms with Gasteiger partial charge in [-0.3, -0.25) is 14.5 Å². The van der Waals surface area contributed by atoms with Crippen molar-refractivity contribution in [1.82, 2.24) is 19.7 Å². The number of nitrogens with zero attached hydrogens (tertiary/aromatic N) is 4. The van der Waals surface area contributed by atoms with E-state index in [1.165, 1.54) is 0 Å². The number of rotatable bonds is 2. The molecule has 0 saturated heterocycles. The first-order chi connectivity index (χ1) is 12.2. The molecule has 0 fully saturated rings. The van der Waals surface area contributed by atoms with Crippen LogP contribution in [0.25, 0.3) is 11.3 Å². The van der Waals surface area contributed by atoms with Gasteiger partial charge in [0, 0.05) is 29.9 Å². The average molecular weight is 353 g/mol. The summed E-state index contributed by atoms with van der Waals surface area (Å²) < 4.78 is 2.00. The number of benzene rings is 1. The maximum Gasteiger partial charge on any atom is 0.272 e. The number of hydrogen-bond donors (Lipinski definition) is 0. The van der Waals surface area contributed by atoms with E-state index in [4.69, 9.17) is 16.7 Å². The van der Waals surface area contributed by atoms with E-state index < -0.39 is 0 Å². The Morgan fingerprint density at radius 3 is 2.68 bits per heavy atom. The van der Waals surface area contributed by atoms with Crippen LogP contribution in [-0.4, -0.2) is 32.1 Å². The third-order valence-corrected chi connectivity index (χ3v) is 4.58. The van der Waals surface area contributed by atoms with Crippen LogP contribution in [0.5, 0.6) is 0 Å². The second-order valence-corrected chi connectivity index (χ2v) is 6.48. The molecule has 1 amide bonds. The molecule has 0 radical (unpaired) electrons. The Balaban J connectivity index is 1.60. The van der Waals surface area contributed by atoms with Gasteiger partial charge in [0.15, 0.2) is 0 Å². The molecule has 1 aliphatic rings. The minimum absolute atomic E-state index is 0.0386. The molecule has 3 heterocycles. The van der Waals surface area contributed by atoms with Crippen molar-refractivity contribution in [3.05, 3.63) is 71.1 Å². The van der Waals surface area contributed by atoms with Crippen molar-refractivity contribution in [1.29, 1.82) is 0 Å². The zero-order chi connectivity index (χ0) is 17.2. The van der Waals surface area contributed by atoms with E-state index in [-0.39, 0.29) is 5.91 Å². The number of fused-ring (bicyclic) bond motifs is 1. The summed E-state index contributed by atoms with van der Waals surface area (Å²) in [6.45, 7) is 2.04. The van der Waals surface area contributed by atoms with Crippen LogP contribution in [-0.2, 0) is 13.1 Å². The number of aryl methyl sites for hydroxylation is 1. The first-order valence-corrected chi connectivity index (χ1v) is 8.61. The molecule has 1 aliphatic heterocycles. The van der Waals surface area contributed by atoms with E-state index in [2.05, 4.69) is 4.98 Å². The number of pyridine rings is 1. The molecule has 6 heteroatoms. The van der Waals surface area contributed by atoms with E-state index in [9.17, 15) is 4.79 Å². The van der Waals surface area contributed by atoms with Crippen LogP contribution in [0.1, 0.15) is 22.6 Å². The number of amides is 1. The molecule has 25 heavy (non-hydrogen) atoms. The van der Waals surface area contributed by atoms with Gasteiger partial charge in [0.2, 0.25) is 0 Å². The number of aromatic nitrogens is 3. The minimum atomic E-state index is -0.0386. The quantitative estimate of drug-likeness (QED) is 0.707. The van der Waals surface area contributed by atoms with Crippen molar-refractivity contribution in [3.63, 3.8) is 0 Å². The third-order valence-electron chi connectivity index (χ3n) is 4.33. The average Bonchev–Trinajstić information content (AvgIpc) is 2.94. The summed E-state index contributed by atoms with van der Waals surface area (Å²) in [5.41, 5.74) is 3.44. The summed E-state index contributed by atoms with van der Waals surface area (Å²) in [6, 6.07) is 15.1. The highest BCUT2D eigenvalue weighted by Gasteiger charge is 2.22. The van der Waals surface area contributed by atoms with Crippen molar-refractivity contribution in [2.45, 2.75) is 19.5 Å². The van der Waals surface area contributed by atoms with Crippen molar-refractivity contribution in [2.24, 2.45) is 0 Å². The molecule has 0 unspecified atom stereocenters. The van der Waals surface area contributed by atoms with Crippen molar-refractivity contribution in [2.75, 3.05) is 6.54 Å². The Labute approximate surface area is 150 Å². The predicted octanol–water partition coefficient (Wildman–Crippen LogP) is 3.64. The highest BCUT2D eigenvalue weighted by atomic mass is 35.5. The van der Waals surface area contributed by atoms with Gasteiger partial charge >= 0.3 is 0 Å². The Morgan fingerprint density at radius 1 is 1.08 bits per heavy atom. The largest absolute Gasteiger partial charge is 0.331 e. The Morgan fingerprint density at radius 2 is 1.92 bits per heavy atom. The molecule has 0 atom stereocenters. The monoisotopic (exact) mass is 352 g/mol. The summed E-state index contributed by atoms with van der Waals surface area (Å²) >= 11 is 5.96. The van der Waals surface area contributed by atoms with E-state index in [0.29, 0.717) is 23.8 Å². The molecule has 5 nitrogen and oxygen atoms in total. The lowest BCUT2D eigenvalue weighted by atomic mass is 10.1.